The molecule has 7 atom stereocenters. The minimum atomic E-state index is -0.240. The molecule has 5 aliphatic heterocycles. The van der Waals surface area contributed by atoms with Crippen LogP contribution in [0, 0.1) is 11.8 Å². The van der Waals surface area contributed by atoms with Crippen molar-refractivity contribution in [2.45, 2.75) is 49.8 Å². The Hall–Kier alpha value is -2.58. The summed E-state index contributed by atoms with van der Waals surface area (Å²) in [6.45, 7) is 4.94. The lowest BCUT2D eigenvalue weighted by atomic mass is 9.53. The summed E-state index contributed by atoms with van der Waals surface area (Å²) >= 11 is 0. The van der Waals surface area contributed by atoms with Gasteiger partial charge in [-0.05, 0) is 30.0 Å². The summed E-state index contributed by atoms with van der Waals surface area (Å²) in [6.07, 6.45) is 4.54. The zero-order valence-corrected chi connectivity index (χ0v) is 20.6. The molecular formula is C27H33N2O6+. The van der Waals surface area contributed by atoms with Gasteiger partial charge in [-0.25, -0.2) is 4.79 Å². The van der Waals surface area contributed by atoms with Gasteiger partial charge < -0.3 is 28.3 Å². The van der Waals surface area contributed by atoms with Crippen LogP contribution in [0.25, 0.3) is 0 Å². The molecule has 1 aromatic rings. The SMILES string of the molecule is CCOC(=O)C[N+]12CC[C@]34c5cc(OC)c(OC)cc5N5C(=O)C[C@@H]6OCC=C(C1)[C@H](C[C@@H]32)[C@@H]6[C@H]54. The van der Waals surface area contributed by atoms with Gasteiger partial charge in [0.25, 0.3) is 0 Å². The Morgan fingerprint density at radius 1 is 1.26 bits per heavy atom. The Labute approximate surface area is 205 Å². The van der Waals surface area contributed by atoms with Crippen LogP contribution in [0.4, 0.5) is 5.69 Å². The number of methoxy groups -OCH3 is 2. The zero-order chi connectivity index (χ0) is 24.1. The molecule has 5 heterocycles. The maximum absolute atomic E-state index is 13.7. The standard InChI is InChI=1S/C27H33N2O6/c1-4-34-24(31)14-29-7-6-27-17-10-19(32-2)20(33-3)11-18(17)28-23(30)12-21-25(26(27)28)16(9-22(27)29)15(13-29)5-8-35-21/h5,10-11,16,21-22,25-26H,4,6-9,12-14H2,1-3H3/q+1/t16-,21-,22-,25-,26-,27-,29?/m0/s1. The number of quaternary nitrogens is 1. The number of benzene rings is 1. The number of piperidine rings is 2. The number of amides is 1. The molecule has 1 aliphatic carbocycles. The van der Waals surface area contributed by atoms with E-state index in [0.29, 0.717) is 48.1 Å². The van der Waals surface area contributed by atoms with Gasteiger partial charge in [0.2, 0.25) is 5.91 Å². The zero-order valence-electron chi connectivity index (χ0n) is 20.6. The molecule has 1 aromatic carbocycles. The van der Waals surface area contributed by atoms with Crippen LogP contribution in [0.1, 0.15) is 31.7 Å². The lowest BCUT2D eigenvalue weighted by Gasteiger charge is -2.60. The minimum Gasteiger partial charge on any atom is -0.493 e. The fraction of sp³-hybridized carbons (Fsp3) is 0.630. The molecule has 1 unspecified atom stereocenters. The Morgan fingerprint density at radius 2 is 2.06 bits per heavy atom. The van der Waals surface area contributed by atoms with Crippen LogP contribution in [0.3, 0.4) is 0 Å². The van der Waals surface area contributed by atoms with Crippen molar-refractivity contribution in [3.05, 3.63) is 29.3 Å². The molecule has 1 amide bonds. The summed E-state index contributed by atoms with van der Waals surface area (Å²) < 4.78 is 23.9. The highest BCUT2D eigenvalue weighted by atomic mass is 16.5. The fourth-order valence-corrected chi connectivity index (χ4v) is 9.03. The number of hydrogen-bond donors (Lipinski definition) is 0. The highest BCUT2D eigenvalue weighted by molar-refractivity contribution is 5.99. The Balaban J connectivity index is 1.47. The van der Waals surface area contributed by atoms with Gasteiger partial charge in [-0.2, -0.15) is 0 Å². The van der Waals surface area contributed by atoms with Crippen LogP contribution in [-0.2, 0) is 24.5 Å². The van der Waals surface area contributed by atoms with Gasteiger partial charge in [0, 0.05) is 24.8 Å². The third kappa shape index (κ3) is 2.54. The number of carbonyl (C=O) groups is 2. The number of fused-ring (bicyclic) bond motifs is 2. The lowest BCUT2D eigenvalue weighted by Crippen LogP contribution is -2.73. The monoisotopic (exact) mass is 481 g/mol. The van der Waals surface area contributed by atoms with Crippen LogP contribution in [0.2, 0.25) is 0 Å². The summed E-state index contributed by atoms with van der Waals surface area (Å²) in [6, 6.07) is 4.37. The van der Waals surface area contributed by atoms with Gasteiger partial charge in [-0.15, -0.1) is 0 Å². The number of anilines is 1. The maximum atomic E-state index is 13.7. The number of carbonyl (C=O) groups excluding carboxylic acids is 2. The van der Waals surface area contributed by atoms with E-state index in [9.17, 15) is 9.59 Å². The van der Waals surface area contributed by atoms with Crippen molar-refractivity contribution < 1.29 is 33.0 Å². The van der Waals surface area contributed by atoms with E-state index in [2.05, 4.69) is 17.0 Å². The van der Waals surface area contributed by atoms with Gasteiger partial charge in [0.1, 0.15) is 12.6 Å². The van der Waals surface area contributed by atoms with Gasteiger partial charge in [-0.1, -0.05) is 6.08 Å². The number of hydrogen-bond acceptors (Lipinski definition) is 6. The fourth-order valence-electron chi connectivity index (χ4n) is 9.03. The van der Waals surface area contributed by atoms with E-state index < -0.39 is 0 Å². The van der Waals surface area contributed by atoms with E-state index in [1.807, 2.05) is 13.0 Å². The molecule has 8 heteroatoms. The summed E-state index contributed by atoms with van der Waals surface area (Å²) in [5, 5.41) is 0. The second-order valence-electron chi connectivity index (χ2n) is 11.1. The highest BCUT2D eigenvalue weighted by Crippen LogP contribution is 2.68. The van der Waals surface area contributed by atoms with E-state index in [-0.39, 0.29) is 41.4 Å². The first kappa shape index (κ1) is 21.7. The van der Waals surface area contributed by atoms with Crippen molar-refractivity contribution in [3.63, 3.8) is 0 Å². The molecule has 1 saturated carbocycles. The Morgan fingerprint density at radius 3 is 2.83 bits per heavy atom. The molecule has 2 bridgehead atoms. The van der Waals surface area contributed by atoms with Crippen LogP contribution in [0.5, 0.6) is 11.5 Å². The minimum absolute atomic E-state index is 0.0216. The average Bonchev–Trinajstić information content (AvgIpc) is 3.27. The first-order valence-electron chi connectivity index (χ1n) is 12.9. The maximum Gasteiger partial charge on any atom is 0.361 e. The molecule has 186 valence electrons. The van der Waals surface area contributed by atoms with Gasteiger partial charge >= 0.3 is 5.97 Å². The Kier molecular flexibility index (Phi) is 4.48. The van der Waals surface area contributed by atoms with Crippen molar-refractivity contribution in [2.75, 3.05) is 52.0 Å². The number of esters is 1. The van der Waals surface area contributed by atoms with Crippen molar-refractivity contribution in [1.82, 2.24) is 0 Å². The van der Waals surface area contributed by atoms with Gasteiger partial charge in [0.05, 0.1) is 63.6 Å². The van der Waals surface area contributed by atoms with E-state index in [4.69, 9.17) is 18.9 Å². The molecule has 3 saturated heterocycles. The van der Waals surface area contributed by atoms with Gasteiger partial charge in [-0.3, -0.25) is 4.79 Å². The second-order valence-corrected chi connectivity index (χ2v) is 11.1. The summed E-state index contributed by atoms with van der Waals surface area (Å²) in [7, 11) is 3.30. The quantitative estimate of drug-likeness (QED) is 0.365. The van der Waals surface area contributed by atoms with E-state index in [0.717, 1.165) is 31.6 Å². The molecule has 0 radical (unpaired) electrons. The largest absolute Gasteiger partial charge is 0.493 e. The van der Waals surface area contributed by atoms with E-state index >= 15 is 0 Å². The average molecular weight is 482 g/mol. The van der Waals surface area contributed by atoms with E-state index in [1.165, 1.54) is 11.1 Å². The molecule has 1 spiro atoms. The third-order valence-electron chi connectivity index (χ3n) is 10.1. The van der Waals surface area contributed by atoms with Crippen molar-refractivity contribution in [3.8, 4) is 11.5 Å². The lowest BCUT2D eigenvalue weighted by molar-refractivity contribution is -0.936. The Bertz CT molecular complexity index is 1160. The first-order valence-corrected chi connectivity index (χ1v) is 12.9. The van der Waals surface area contributed by atoms with Crippen molar-refractivity contribution in [2.24, 2.45) is 11.8 Å². The normalized spacial score (nSPS) is 39.5. The molecule has 0 aromatic heterocycles. The highest BCUT2D eigenvalue weighted by Gasteiger charge is 2.76. The molecule has 8 nitrogen and oxygen atoms in total. The smallest absolute Gasteiger partial charge is 0.361 e. The molecule has 35 heavy (non-hydrogen) atoms. The molecule has 7 rings (SSSR count). The summed E-state index contributed by atoms with van der Waals surface area (Å²) in [4.78, 5) is 28.7. The summed E-state index contributed by atoms with van der Waals surface area (Å²) in [5.41, 5.74) is 3.30. The van der Waals surface area contributed by atoms with Crippen LogP contribution < -0.4 is 14.4 Å². The van der Waals surface area contributed by atoms with Crippen LogP contribution in [0.15, 0.2) is 23.8 Å². The topological polar surface area (TPSA) is 74.3 Å². The predicted molar refractivity (Wildman–Crippen MR) is 126 cm³/mol. The number of nitrogens with zero attached hydrogens (tertiary/aromatic N) is 2. The van der Waals surface area contributed by atoms with Gasteiger partial charge in [0.15, 0.2) is 18.0 Å². The second kappa shape index (κ2) is 7.23. The number of ether oxygens (including phenoxy) is 4. The van der Waals surface area contributed by atoms with Crippen LogP contribution >= 0.6 is 0 Å². The first-order chi connectivity index (χ1) is 17.0. The van der Waals surface area contributed by atoms with E-state index in [1.54, 1.807) is 14.2 Å². The number of rotatable bonds is 5. The summed E-state index contributed by atoms with van der Waals surface area (Å²) in [5.74, 6) is 1.96. The molecule has 6 aliphatic rings. The van der Waals surface area contributed by atoms with Crippen molar-refractivity contribution >= 4 is 17.6 Å². The third-order valence-corrected chi connectivity index (χ3v) is 10.1. The molecule has 4 fully saturated rings. The van der Waals surface area contributed by atoms with Crippen molar-refractivity contribution in [1.29, 1.82) is 0 Å². The van der Waals surface area contributed by atoms with Crippen LogP contribution in [-0.4, -0.2) is 81.6 Å². The molecular weight excluding hydrogens is 448 g/mol. The predicted octanol–water partition coefficient (Wildman–Crippen LogP) is 2.19. The molecule has 0 N–H and O–H groups in total.